The van der Waals surface area contributed by atoms with Gasteiger partial charge in [0.25, 0.3) is 5.91 Å². The predicted octanol–water partition coefficient (Wildman–Crippen LogP) is 4.67. The van der Waals surface area contributed by atoms with E-state index in [4.69, 9.17) is 16.3 Å². The SMILES string of the molecule is CCOc1ccc(/C(CC)=N/NC(=O)c2cc(-c3ccc(Cl)cc3)n[nH]2)cc1. The van der Waals surface area contributed by atoms with E-state index in [1.54, 1.807) is 18.2 Å². The van der Waals surface area contributed by atoms with E-state index in [-0.39, 0.29) is 5.91 Å². The molecule has 0 aliphatic carbocycles. The van der Waals surface area contributed by atoms with Crippen molar-refractivity contribution in [1.82, 2.24) is 15.6 Å². The summed E-state index contributed by atoms with van der Waals surface area (Å²) in [6.45, 7) is 4.54. The molecule has 7 heteroatoms. The minimum Gasteiger partial charge on any atom is -0.494 e. The second-order valence-electron chi connectivity index (χ2n) is 5.98. The lowest BCUT2D eigenvalue weighted by Gasteiger charge is -2.07. The quantitative estimate of drug-likeness (QED) is 0.449. The Morgan fingerprint density at radius 1 is 1.14 bits per heavy atom. The van der Waals surface area contributed by atoms with Gasteiger partial charge in [0.1, 0.15) is 11.4 Å². The monoisotopic (exact) mass is 396 g/mol. The number of hydrazone groups is 1. The number of aromatic nitrogens is 2. The molecule has 144 valence electrons. The van der Waals surface area contributed by atoms with Crippen LogP contribution < -0.4 is 10.2 Å². The van der Waals surface area contributed by atoms with E-state index < -0.39 is 0 Å². The molecule has 0 fully saturated rings. The highest BCUT2D eigenvalue weighted by Crippen LogP contribution is 2.20. The predicted molar refractivity (Wildman–Crippen MR) is 111 cm³/mol. The van der Waals surface area contributed by atoms with Crippen LogP contribution in [-0.2, 0) is 0 Å². The van der Waals surface area contributed by atoms with E-state index in [2.05, 4.69) is 20.7 Å². The van der Waals surface area contributed by atoms with Crippen molar-refractivity contribution in [1.29, 1.82) is 0 Å². The number of benzene rings is 2. The number of halogens is 1. The van der Waals surface area contributed by atoms with E-state index >= 15 is 0 Å². The summed E-state index contributed by atoms with van der Waals surface area (Å²) in [5.41, 5.74) is 6.15. The molecule has 28 heavy (non-hydrogen) atoms. The molecular formula is C21H21ClN4O2. The van der Waals surface area contributed by atoms with Crippen LogP contribution >= 0.6 is 11.6 Å². The first-order valence-electron chi connectivity index (χ1n) is 9.02. The Hall–Kier alpha value is -3.12. The molecule has 0 aliphatic rings. The van der Waals surface area contributed by atoms with Crippen molar-refractivity contribution in [2.45, 2.75) is 20.3 Å². The van der Waals surface area contributed by atoms with Gasteiger partial charge in [-0.1, -0.05) is 30.7 Å². The average Bonchev–Trinajstić information content (AvgIpc) is 3.20. The molecule has 0 unspecified atom stereocenters. The third-order valence-electron chi connectivity index (χ3n) is 4.09. The summed E-state index contributed by atoms with van der Waals surface area (Å²) in [4.78, 5) is 12.4. The van der Waals surface area contributed by atoms with Gasteiger partial charge in [0.05, 0.1) is 18.0 Å². The number of hydrogen-bond donors (Lipinski definition) is 2. The Balaban J connectivity index is 1.70. The fourth-order valence-electron chi connectivity index (χ4n) is 2.64. The number of nitrogens with zero attached hydrogens (tertiary/aromatic N) is 2. The van der Waals surface area contributed by atoms with Crippen molar-refractivity contribution < 1.29 is 9.53 Å². The molecule has 0 aliphatic heterocycles. The third-order valence-corrected chi connectivity index (χ3v) is 4.34. The van der Waals surface area contributed by atoms with E-state index in [0.717, 1.165) is 22.6 Å². The highest BCUT2D eigenvalue weighted by Gasteiger charge is 2.11. The lowest BCUT2D eigenvalue weighted by molar-refractivity contribution is 0.0950. The minimum absolute atomic E-state index is 0.329. The standard InChI is InChI=1S/C21H21ClN4O2/c1-3-18(14-7-11-17(12-8-14)28-4-2)23-26-21(27)20-13-19(24-25-20)15-5-9-16(22)10-6-15/h5-13H,3-4H2,1-2H3,(H,24,25)(H,26,27)/b23-18+. The molecule has 0 bridgehead atoms. The highest BCUT2D eigenvalue weighted by molar-refractivity contribution is 6.30. The van der Waals surface area contributed by atoms with Crippen LogP contribution in [0, 0.1) is 0 Å². The summed E-state index contributed by atoms with van der Waals surface area (Å²) in [6.07, 6.45) is 0.674. The van der Waals surface area contributed by atoms with Crippen molar-refractivity contribution in [3.63, 3.8) is 0 Å². The maximum Gasteiger partial charge on any atom is 0.289 e. The maximum absolute atomic E-state index is 12.4. The van der Waals surface area contributed by atoms with Crippen LogP contribution in [0.2, 0.25) is 5.02 Å². The molecule has 1 heterocycles. The summed E-state index contributed by atoms with van der Waals surface area (Å²) in [5.74, 6) is 0.447. The second kappa shape index (κ2) is 9.19. The van der Waals surface area contributed by atoms with Gasteiger partial charge in [0, 0.05) is 10.6 Å². The molecule has 1 aromatic heterocycles. The van der Waals surface area contributed by atoms with Crippen LogP contribution in [-0.4, -0.2) is 28.4 Å². The van der Waals surface area contributed by atoms with Gasteiger partial charge < -0.3 is 4.74 Å². The smallest absolute Gasteiger partial charge is 0.289 e. The lowest BCUT2D eigenvalue weighted by Crippen LogP contribution is -2.20. The molecule has 2 N–H and O–H groups in total. The summed E-state index contributed by atoms with van der Waals surface area (Å²) >= 11 is 5.90. The van der Waals surface area contributed by atoms with Crippen LogP contribution in [0.5, 0.6) is 5.75 Å². The van der Waals surface area contributed by atoms with Crippen LogP contribution in [0.25, 0.3) is 11.3 Å². The Labute approximate surface area is 168 Å². The first kappa shape index (κ1) is 19.6. The number of carbonyl (C=O) groups excluding carboxylic acids is 1. The first-order chi connectivity index (χ1) is 13.6. The second-order valence-corrected chi connectivity index (χ2v) is 6.42. The van der Waals surface area contributed by atoms with E-state index in [0.29, 0.717) is 29.4 Å². The topological polar surface area (TPSA) is 79.4 Å². The van der Waals surface area contributed by atoms with Gasteiger partial charge in [-0.05, 0) is 61.4 Å². The summed E-state index contributed by atoms with van der Waals surface area (Å²) in [6, 6.07) is 16.6. The number of aromatic amines is 1. The average molecular weight is 397 g/mol. The van der Waals surface area contributed by atoms with Crippen LogP contribution in [0.3, 0.4) is 0 Å². The van der Waals surface area contributed by atoms with Gasteiger partial charge >= 0.3 is 0 Å². The molecule has 0 saturated carbocycles. The number of amides is 1. The first-order valence-corrected chi connectivity index (χ1v) is 9.40. The van der Waals surface area contributed by atoms with Gasteiger partial charge in [-0.15, -0.1) is 0 Å². The van der Waals surface area contributed by atoms with Gasteiger partial charge in [-0.25, -0.2) is 5.43 Å². The number of hydrogen-bond acceptors (Lipinski definition) is 4. The van der Waals surface area contributed by atoms with Gasteiger partial charge in [-0.3, -0.25) is 9.89 Å². The normalized spacial score (nSPS) is 11.3. The fraction of sp³-hybridized carbons (Fsp3) is 0.190. The Kier molecular flexibility index (Phi) is 6.45. The zero-order chi connectivity index (χ0) is 19.9. The number of rotatable bonds is 7. The van der Waals surface area contributed by atoms with Crippen molar-refractivity contribution in [3.05, 3.63) is 70.9 Å². The van der Waals surface area contributed by atoms with Crippen LogP contribution in [0.1, 0.15) is 36.3 Å². The van der Waals surface area contributed by atoms with Crippen molar-refractivity contribution in [2.24, 2.45) is 5.10 Å². The molecule has 0 radical (unpaired) electrons. The Morgan fingerprint density at radius 3 is 2.50 bits per heavy atom. The number of nitrogens with one attached hydrogen (secondary N) is 2. The molecule has 0 saturated heterocycles. The zero-order valence-corrected chi connectivity index (χ0v) is 16.5. The van der Waals surface area contributed by atoms with Crippen LogP contribution in [0.4, 0.5) is 0 Å². The van der Waals surface area contributed by atoms with E-state index in [9.17, 15) is 4.79 Å². The van der Waals surface area contributed by atoms with E-state index in [1.807, 2.05) is 50.2 Å². The zero-order valence-electron chi connectivity index (χ0n) is 15.7. The number of ether oxygens (including phenoxy) is 1. The molecular weight excluding hydrogens is 376 g/mol. The lowest BCUT2D eigenvalue weighted by atomic mass is 10.1. The Morgan fingerprint density at radius 2 is 1.86 bits per heavy atom. The molecule has 1 amide bonds. The van der Waals surface area contributed by atoms with Crippen molar-refractivity contribution in [2.75, 3.05) is 6.61 Å². The fourth-order valence-corrected chi connectivity index (χ4v) is 2.77. The molecule has 0 atom stereocenters. The number of carbonyl (C=O) groups is 1. The molecule has 6 nitrogen and oxygen atoms in total. The van der Waals surface area contributed by atoms with Crippen molar-refractivity contribution >= 4 is 23.2 Å². The molecule has 2 aromatic carbocycles. The third kappa shape index (κ3) is 4.78. The van der Waals surface area contributed by atoms with Crippen LogP contribution in [0.15, 0.2) is 59.7 Å². The molecule has 3 aromatic rings. The van der Waals surface area contributed by atoms with Gasteiger partial charge in [0.15, 0.2) is 0 Å². The summed E-state index contributed by atoms with van der Waals surface area (Å²) in [7, 11) is 0. The Bertz CT molecular complexity index is 963. The van der Waals surface area contributed by atoms with Gasteiger partial charge in [-0.2, -0.15) is 10.2 Å². The molecule has 3 rings (SSSR count). The molecule has 0 spiro atoms. The summed E-state index contributed by atoms with van der Waals surface area (Å²) < 4.78 is 5.45. The summed E-state index contributed by atoms with van der Waals surface area (Å²) in [5, 5.41) is 11.8. The van der Waals surface area contributed by atoms with Gasteiger partial charge in [0.2, 0.25) is 0 Å². The maximum atomic E-state index is 12.4. The van der Waals surface area contributed by atoms with Crippen molar-refractivity contribution in [3.8, 4) is 17.0 Å². The number of H-pyrrole nitrogens is 1. The largest absolute Gasteiger partial charge is 0.494 e. The van der Waals surface area contributed by atoms with E-state index in [1.165, 1.54) is 0 Å². The minimum atomic E-state index is -0.357. The highest BCUT2D eigenvalue weighted by atomic mass is 35.5.